The van der Waals surface area contributed by atoms with Gasteiger partial charge in [0.15, 0.2) is 0 Å². The summed E-state index contributed by atoms with van der Waals surface area (Å²) in [6.45, 7) is 9.28. The first-order valence-corrected chi connectivity index (χ1v) is 3.80. The van der Waals surface area contributed by atoms with Crippen LogP contribution in [0.2, 0.25) is 0 Å². The Kier molecular flexibility index (Phi) is 5.53. The molecule has 0 heterocycles. The first-order valence-electron chi connectivity index (χ1n) is 3.80. The van der Waals surface area contributed by atoms with Crippen LogP contribution in [0.5, 0.6) is 0 Å². The van der Waals surface area contributed by atoms with E-state index in [1.54, 1.807) is 6.92 Å². The van der Waals surface area contributed by atoms with E-state index in [-0.39, 0.29) is 5.97 Å². The Morgan fingerprint density at radius 2 is 2.09 bits per heavy atom. The average Bonchev–Trinajstić information content (AvgIpc) is 1.97. The van der Waals surface area contributed by atoms with E-state index in [4.69, 9.17) is 4.74 Å². The Labute approximate surface area is 68.2 Å². The highest BCUT2D eigenvalue weighted by molar-refractivity contribution is 5.86. The van der Waals surface area contributed by atoms with E-state index in [9.17, 15) is 4.79 Å². The molecule has 0 atom stereocenters. The first kappa shape index (κ1) is 10.2. The molecule has 0 spiro atoms. The summed E-state index contributed by atoms with van der Waals surface area (Å²) in [5, 5.41) is 0. The van der Waals surface area contributed by atoms with Crippen molar-refractivity contribution in [2.45, 2.75) is 26.2 Å². The second-order valence-electron chi connectivity index (χ2n) is 2.48. The van der Waals surface area contributed by atoms with Crippen molar-refractivity contribution in [1.82, 2.24) is 0 Å². The number of unbranched alkanes of at least 4 members (excludes halogenated alkanes) is 2. The average molecular weight is 155 g/mol. The number of hydrogen-bond acceptors (Lipinski definition) is 2. The van der Waals surface area contributed by atoms with Crippen molar-refractivity contribution in [3.8, 4) is 0 Å². The number of carbonyl (C=O) groups is 1. The maximum absolute atomic E-state index is 10.8. The van der Waals surface area contributed by atoms with Crippen LogP contribution in [0.15, 0.2) is 12.2 Å². The zero-order valence-electron chi connectivity index (χ0n) is 7.06. The summed E-state index contributed by atoms with van der Waals surface area (Å²) in [6, 6.07) is 0. The van der Waals surface area contributed by atoms with E-state index in [1.807, 2.05) is 0 Å². The lowest BCUT2D eigenvalue weighted by Crippen LogP contribution is -2.05. The molecule has 0 aliphatic carbocycles. The Balaban J connectivity index is 3.25. The maximum Gasteiger partial charge on any atom is 0.333 e. The van der Waals surface area contributed by atoms with Crippen LogP contribution in [0.4, 0.5) is 0 Å². The van der Waals surface area contributed by atoms with Gasteiger partial charge < -0.3 is 4.74 Å². The lowest BCUT2D eigenvalue weighted by molar-refractivity contribution is -0.139. The third-order valence-electron chi connectivity index (χ3n) is 1.23. The van der Waals surface area contributed by atoms with Crippen molar-refractivity contribution in [2.75, 3.05) is 6.61 Å². The van der Waals surface area contributed by atoms with Crippen molar-refractivity contribution in [2.24, 2.45) is 0 Å². The number of esters is 1. The quantitative estimate of drug-likeness (QED) is 0.345. The lowest BCUT2D eigenvalue weighted by Gasteiger charge is -2.02. The fourth-order valence-corrected chi connectivity index (χ4v) is 0.567. The van der Waals surface area contributed by atoms with E-state index in [0.717, 1.165) is 19.3 Å². The molecule has 0 rings (SSSR count). The van der Waals surface area contributed by atoms with Gasteiger partial charge in [-0.05, 0) is 13.3 Å². The minimum atomic E-state index is -0.297. The Morgan fingerprint density at radius 1 is 1.45 bits per heavy atom. The molecular formula is C9H15O2. The molecule has 0 aromatic rings. The maximum atomic E-state index is 10.8. The van der Waals surface area contributed by atoms with Gasteiger partial charge in [-0.25, -0.2) is 4.79 Å². The van der Waals surface area contributed by atoms with Crippen molar-refractivity contribution in [1.29, 1.82) is 0 Å². The van der Waals surface area contributed by atoms with Gasteiger partial charge in [0, 0.05) is 5.57 Å². The van der Waals surface area contributed by atoms with Gasteiger partial charge in [-0.3, -0.25) is 0 Å². The van der Waals surface area contributed by atoms with Crippen LogP contribution in [-0.4, -0.2) is 12.6 Å². The van der Waals surface area contributed by atoms with Crippen LogP contribution >= 0.6 is 0 Å². The van der Waals surface area contributed by atoms with E-state index in [2.05, 4.69) is 13.5 Å². The summed E-state index contributed by atoms with van der Waals surface area (Å²) < 4.78 is 4.84. The third-order valence-corrected chi connectivity index (χ3v) is 1.23. The summed E-state index contributed by atoms with van der Waals surface area (Å²) in [7, 11) is 0. The molecule has 0 saturated heterocycles. The fourth-order valence-electron chi connectivity index (χ4n) is 0.567. The lowest BCUT2D eigenvalue weighted by atomic mass is 10.3. The molecule has 0 fully saturated rings. The normalized spacial score (nSPS) is 9.27. The predicted octanol–water partition coefficient (Wildman–Crippen LogP) is 2.11. The highest BCUT2D eigenvalue weighted by atomic mass is 16.5. The Hall–Kier alpha value is -0.790. The second-order valence-corrected chi connectivity index (χ2v) is 2.48. The van der Waals surface area contributed by atoms with Crippen LogP contribution in [0.25, 0.3) is 0 Å². The van der Waals surface area contributed by atoms with Gasteiger partial charge in [-0.2, -0.15) is 0 Å². The van der Waals surface area contributed by atoms with E-state index in [1.165, 1.54) is 0 Å². The van der Waals surface area contributed by atoms with Crippen molar-refractivity contribution >= 4 is 5.97 Å². The zero-order chi connectivity index (χ0) is 8.69. The Bertz CT molecular complexity index is 138. The molecule has 0 aromatic heterocycles. The largest absolute Gasteiger partial charge is 0.462 e. The molecule has 0 aliphatic rings. The number of hydrogen-bond donors (Lipinski definition) is 0. The molecule has 0 saturated carbocycles. The third kappa shape index (κ3) is 5.64. The number of ether oxygens (including phenoxy) is 1. The predicted molar refractivity (Wildman–Crippen MR) is 45.0 cm³/mol. The molecule has 2 heteroatoms. The molecular weight excluding hydrogens is 140 g/mol. The summed E-state index contributed by atoms with van der Waals surface area (Å²) in [5.74, 6) is -0.297. The number of carbonyl (C=O) groups excluding carboxylic acids is 1. The Morgan fingerprint density at radius 3 is 2.55 bits per heavy atom. The molecule has 2 nitrogen and oxygen atoms in total. The summed E-state index contributed by atoms with van der Waals surface area (Å²) in [4.78, 5) is 10.8. The van der Waals surface area contributed by atoms with E-state index < -0.39 is 0 Å². The highest BCUT2D eigenvalue weighted by Crippen LogP contribution is 1.97. The standard InChI is InChI=1S/C9H15O2/c1-4-5-6-7-11-9(10)8(2)3/h1-2,4-7H2,3H3. The van der Waals surface area contributed by atoms with Crippen molar-refractivity contribution in [3.05, 3.63) is 19.1 Å². The van der Waals surface area contributed by atoms with E-state index in [0.29, 0.717) is 12.2 Å². The van der Waals surface area contributed by atoms with Gasteiger partial charge in [0.25, 0.3) is 0 Å². The summed E-state index contributed by atoms with van der Waals surface area (Å²) >= 11 is 0. The van der Waals surface area contributed by atoms with E-state index >= 15 is 0 Å². The second kappa shape index (κ2) is 5.96. The van der Waals surface area contributed by atoms with Crippen LogP contribution in [0.3, 0.4) is 0 Å². The molecule has 0 unspecified atom stereocenters. The van der Waals surface area contributed by atoms with Crippen molar-refractivity contribution in [3.63, 3.8) is 0 Å². The van der Waals surface area contributed by atoms with Crippen LogP contribution in [0.1, 0.15) is 26.2 Å². The topological polar surface area (TPSA) is 26.3 Å². The minimum absolute atomic E-state index is 0.297. The molecule has 0 bridgehead atoms. The highest BCUT2D eigenvalue weighted by Gasteiger charge is 2.00. The summed E-state index contributed by atoms with van der Waals surface area (Å²) in [5.41, 5.74) is 0.458. The molecule has 1 radical (unpaired) electrons. The molecule has 63 valence electrons. The van der Waals surface area contributed by atoms with Crippen molar-refractivity contribution < 1.29 is 9.53 Å². The smallest absolute Gasteiger partial charge is 0.333 e. The van der Waals surface area contributed by atoms with Gasteiger partial charge in [-0.15, -0.1) is 0 Å². The minimum Gasteiger partial charge on any atom is -0.462 e. The van der Waals surface area contributed by atoms with Gasteiger partial charge in [-0.1, -0.05) is 26.3 Å². The molecule has 11 heavy (non-hydrogen) atoms. The molecule has 0 N–H and O–H groups in total. The van der Waals surface area contributed by atoms with Crippen LogP contribution in [-0.2, 0) is 9.53 Å². The van der Waals surface area contributed by atoms with Gasteiger partial charge in [0.05, 0.1) is 6.61 Å². The fraction of sp³-hybridized carbons (Fsp3) is 0.556. The molecule has 0 aromatic carbocycles. The SMILES string of the molecule is [CH2]CCCCOC(=O)C(=C)C. The summed E-state index contributed by atoms with van der Waals surface area (Å²) in [6.07, 6.45) is 2.79. The number of rotatable bonds is 5. The van der Waals surface area contributed by atoms with Crippen LogP contribution < -0.4 is 0 Å². The van der Waals surface area contributed by atoms with Gasteiger partial charge in [0.1, 0.15) is 0 Å². The first-order chi connectivity index (χ1) is 5.18. The monoisotopic (exact) mass is 155 g/mol. The van der Waals surface area contributed by atoms with Gasteiger partial charge in [0.2, 0.25) is 0 Å². The zero-order valence-corrected chi connectivity index (χ0v) is 7.06. The van der Waals surface area contributed by atoms with Crippen LogP contribution in [0, 0.1) is 6.92 Å². The molecule has 0 aliphatic heterocycles. The van der Waals surface area contributed by atoms with Gasteiger partial charge >= 0.3 is 5.97 Å². The molecule has 0 amide bonds.